The van der Waals surface area contributed by atoms with Gasteiger partial charge in [-0.2, -0.15) is 4.98 Å². The molecule has 0 unspecified atom stereocenters. The summed E-state index contributed by atoms with van der Waals surface area (Å²) in [6, 6.07) is 6.20. The predicted octanol–water partition coefficient (Wildman–Crippen LogP) is 2.90. The Morgan fingerprint density at radius 2 is 2.06 bits per heavy atom. The van der Waals surface area contributed by atoms with Gasteiger partial charge in [-0.25, -0.2) is 9.37 Å². The van der Waals surface area contributed by atoms with E-state index < -0.39 is 0 Å². The third kappa shape index (κ3) is 2.82. The Hall–Kier alpha value is -1.88. The van der Waals surface area contributed by atoms with Crippen LogP contribution in [0.25, 0.3) is 0 Å². The van der Waals surface area contributed by atoms with E-state index in [2.05, 4.69) is 15.3 Å². The first-order valence-electron chi connectivity index (χ1n) is 4.88. The molecule has 0 spiro atoms. The molecule has 0 aliphatic rings. The van der Waals surface area contributed by atoms with Gasteiger partial charge in [0.15, 0.2) is 0 Å². The quantitative estimate of drug-likeness (QED) is 0.807. The summed E-state index contributed by atoms with van der Waals surface area (Å²) in [6.45, 7) is 1.87. The molecule has 1 aromatic carbocycles. The van der Waals surface area contributed by atoms with Crippen LogP contribution in [0, 0.1) is 12.7 Å². The molecule has 0 aliphatic heterocycles. The van der Waals surface area contributed by atoms with Gasteiger partial charge >= 0.3 is 0 Å². The highest BCUT2D eigenvalue weighted by Crippen LogP contribution is 2.21. The molecule has 17 heavy (non-hydrogen) atoms. The number of nitrogens with one attached hydrogen (secondary N) is 1. The van der Waals surface area contributed by atoms with E-state index in [1.165, 1.54) is 12.1 Å². The van der Waals surface area contributed by atoms with Gasteiger partial charge in [0.05, 0.1) is 5.69 Å². The number of halogens is 2. The van der Waals surface area contributed by atoms with Crippen LogP contribution < -0.4 is 11.1 Å². The Kier molecular flexibility index (Phi) is 3.10. The average molecular weight is 253 g/mol. The van der Waals surface area contributed by atoms with Crippen molar-refractivity contribution in [2.45, 2.75) is 6.92 Å². The SMILES string of the molecule is Cc1ccc(F)c(Nc2cc(Cl)nc(N)n2)c1. The number of aromatic nitrogens is 2. The molecule has 0 aliphatic carbocycles. The van der Waals surface area contributed by atoms with Crippen molar-refractivity contribution in [3.8, 4) is 0 Å². The number of hydrogen-bond acceptors (Lipinski definition) is 4. The first kappa shape index (κ1) is 11.6. The van der Waals surface area contributed by atoms with Gasteiger partial charge in [0.1, 0.15) is 16.8 Å². The van der Waals surface area contributed by atoms with Gasteiger partial charge < -0.3 is 11.1 Å². The van der Waals surface area contributed by atoms with Crippen molar-refractivity contribution in [3.63, 3.8) is 0 Å². The number of anilines is 3. The highest BCUT2D eigenvalue weighted by atomic mass is 35.5. The lowest BCUT2D eigenvalue weighted by molar-refractivity contribution is 0.631. The standard InChI is InChI=1S/C11H10ClFN4/c1-6-2-3-7(13)8(4-6)15-10-5-9(12)16-11(14)17-10/h2-5H,1H3,(H3,14,15,16,17). The first-order chi connectivity index (χ1) is 8.04. The minimum atomic E-state index is -0.371. The zero-order valence-electron chi connectivity index (χ0n) is 9.04. The van der Waals surface area contributed by atoms with Crippen molar-refractivity contribution in [2.75, 3.05) is 11.1 Å². The van der Waals surface area contributed by atoms with Crippen molar-refractivity contribution in [1.29, 1.82) is 0 Å². The van der Waals surface area contributed by atoms with Crippen molar-refractivity contribution < 1.29 is 4.39 Å². The van der Waals surface area contributed by atoms with E-state index in [9.17, 15) is 4.39 Å². The van der Waals surface area contributed by atoms with Crippen LogP contribution in [0.4, 0.5) is 21.8 Å². The number of rotatable bonds is 2. The van der Waals surface area contributed by atoms with Crippen molar-refractivity contribution in [3.05, 3.63) is 40.8 Å². The maximum Gasteiger partial charge on any atom is 0.223 e. The Labute approximate surface area is 103 Å². The topological polar surface area (TPSA) is 63.8 Å². The first-order valence-corrected chi connectivity index (χ1v) is 5.25. The molecule has 0 atom stereocenters. The molecule has 3 N–H and O–H groups in total. The molecule has 2 aromatic rings. The third-order valence-corrected chi connectivity index (χ3v) is 2.29. The molecule has 2 rings (SSSR count). The zero-order chi connectivity index (χ0) is 12.4. The number of nitrogens with two attached hydrogens (primary N) is 1. The van der Waals surface area contributed by atoms with E-state index in [0.29, 0.717) is 11.5 Å². The number of nitrogen functional groups attached to an aromatic ring is 1. The second-order valence-corrected chi connectivity index (χ2v) is 3.93. The molecule has 0 amide bonds. The van der Waals surface area contributed by atoms with Crippen LogP contribution in [0.5, 0.6) is 0 Å². The zero-order valence-corrected chi connectivity index (χ0v) is 9.79. The normalized spacial score (nSPS) is 10.3. The summed E-state index contributed by atoms with van der Waals surface area (Å²) in [5, 5.41) is 3.01. The van der Waals surface area contributed by atoms with E-state index >= 15 is 0 Å². The molecule has 1 aromatic heterocycles. The van der Waals surface area contributed by atoms with Gasteiger partial charge in [0, 0.05) is 6.07 Å². The van der Waals surface area contributed by atoms with Crippen molar-refractivity contribution >= 4 is 29.1 Å². The summed E-state index contributed by atoms with van der Waals surface area (Å²) in [4.78, 5) is 7.62. The monoisotopic (exact) mass is 252 g/mol. The van der Waals surface area contributed by atoms with Crippen LogP contribution in [0.2, 0.25) is 5.15 Å². The largest absolute Gasteiger partial charge is 0.368 e. The summed E-state index contributed by atoms with van der Waals surface area (Å²) >= 11 is 5.72. The maximum atomic E-state index is 13.5. The molecule has 0 radical (unpaired) electrons. The smallest absolute Gasteiger partial charge is 0.223 e. The molecule has 0 bridgehead atoms. The van der Waals surface area contributed by atoms with Crippen molar-refractivity contribution in [2.24, 2.45) is 0 Å². The Bertz CT molecular complexity index is 539. The molecule has 0 fully saturated rings. The second-order valence-electron chi connectivity index (χ2n) is 3.54. The van der Waals surface area contributed by atoms with Gasteiger partial charge in [-0.1, -0.05) is 17.7 Å². The molecule has 0 saturated heterocycles. The number of hydrogen-bond donors (Lipinski definition) is 2. The van der Waals surface area contributed by atoms with E-state index in [0.717, 1.165) is 5.56 Å². The molecule has 1 heterocycles. The predicted molar refractivity (Wildman–Crippen MR) is 65.9 cm³/mol. The fourth-order valence-corrected chi connectivity index (χ4v) is 1.56. The van der Waals surface area contributed by atoms with Gasteiger partial charge in [-0.05, 0) is 24.6 Å². The highest BCUT2D eigenvalue weighted by molar-refractivity contribution is 6.29. The maximum absolute atomic E-state index is 13.5. The summed E-state index contributed by atoms with van der Waals surface area (Å²) in [5.41, 5.74) is 6.69. The van der Waals surface area contributed by atoms with E-state index in [1.54, 1.807) is 12.1 Å². The lowest BCUT2D eigenvalue weighted by atomic mass is 10.2. The molecular weight excluding hydrogens is 243 g/mol. The lowest BCUT2D eigenvalue weighted by Crippen LogP contribution is -2.01. The van der Waals surface area contributed by atoms with E-state index in [1.807, 2.05) is 6.92 Å². The minimum Gasteiger partial charge on any atom is -0.368 e. The Morgan fingerprint density at radius 3 is 2.76 bits per heavy atom. The lowest BCUT2D eigenvalue weighted by Gasteiger charge is -2.08. The summed E-state index contributed by atoms with van der Waals surface area (Å²) in [6.07, 6.45) is 0. The van der Waals surface area contributed by atoms with Crippen LogP contribution in [0.3, 0.4) is 0 Å². The number of benzene rings is 1. The van der Waals surface area contributed by atoms with E-state index in [-0.39, 0.29) is 16.9 Å². The average Bonchev–Trinajstić information content (AvgIpc) is 2.22. The van der Waals surface area contributed by atoms with Gasteiger partial charge in [0.2, 0.25) is 5.95 Å². The van der Waals surface area contributed by atoms with Crippen LogP contribution in [0.15, 0.2) is 24.3 Å². The summed E-state index contributed by atoms with van der Waals surface area (Å²) in [7, 11) is 0. The van der Waals surface area contributed by atoms with Gasteiger partial charge in [0.25, 0.3) is 0 Å². The molecule has 6 heteroatoms. The van der Waals surface area contributed by atoms with Crippen LogP contribution in [0.1, 0.15) is 5.56 Å². The van der Waals surface area contributed by atoms with Gasteiger partial charge in [-0.3, -0.25) is 0 Å². The van der Waals surface area contributed by atoms with Crippen LogP contribution in [-0.4, -0.2) is 9.97 Å². The fraction of sp³-hybridized carbons (Fsp3) is 0.0909. The fourth-order valence-electron chi connectivity index (χ4n) is 1.37. The molecule has 0 saturated carbocycles. The van der Waals surface area contributed by atoms with Crippen molar-refractivity contribution in [1.82, 2.24) is 9.97 Å². The number of aryl methyl sites for hydroxylation is 1. The van der Waals surface area contributed by atoms with E-state index in [4.69, 9.17) is 17.3 Å². The Morgan fingerprint density at radius 1 is 1.29 bits per heavy atom. The highest BCUT2D eigenvalue weighted by Gasteiger charge is 2.05. The summed E-state index contributed by atoms with van der Waals surface area (Å²) in [5.74, 6) is 0.0176. The number of nitrogens with zero attached hydrogens (tertiary/aromatic N) is 2. The molecule has 4 nitrogen and oxygen atoms in total. The molecular formula is C11H10ClFN4. The summed E-state index contributed by atoms with van der Waals surface area (Å²) < 4.78 is 13.5. The third-order valence-electron chi connectivity index (χ3n) is 2.10. The molecule has 88 valence electrons. The van der Waals surface area contributed by atoms with Gasteiger partial charge in [-0.15, -0.1) is 0 Å². The second kappa shape index (κ2) is 4.55. The van der Waals surface area contributed by atoms with Crippen LogP contribution in [-0.2, 0) is 0 Å². The minimum absolute atomic E-state index is 0.0352. The Balaban J connectivity index is 2.34. The van der Waals surface area contributed by atoms with Crippen LogP contribution >= 0.6 is 11.6 Å².